The summed E-state index contributed by atoms with van der Waals surface area (Å²) in [5.41, 5.74) is 1.79. The second-order valence-corrected chi connectivity index (χ2v) is 4.73. The van der Waals surface area contributed by atoms with Crippen molar-refractivity contribution in [2.24, 2.45) is 0 Å². The van der Waals surface area contributed by atoms with Crippen molar-refractivity contribution in [2.45, 2.75) is 6.92 Å². The van der Waals surface area contributed by atoms with Gasteiger partial charge in [-0.25, -0.2) is 0 Å². The molecule has 4 heteroatoms. The lowest BCUT2D eigenvalue weighted by Crippen LogP contribution is -2.07. The topological polar surface area (TPSA) is 59.3 Å². The van der Waals surface area contributed by atoms with Crippen LogP contribution in [0.25, 0.3) is 22.3 Å². The normalized spacial score (nSPS) is 10.5. The summed E-state index contributed by atoms with van der Waals surface area (Å²) >= 11 is 0. The zero-order valence-corrected chi connectivity index (χ0v) is 11.4. The molecule has 1 N–H and O–H groups in total. The molecule has 0 aliphatic carbocycles. The number of fused-ring (bicyclic) bond motifs is 1. The van der Waals surface area contributed by atoms with E-state index in [9.17, 15) is 9.59 Å². The molecule has 0 atom stereocenters. The van der Waals surface area contributed by atoms with E-state index in [1.54, 1.807) is 18.2 Å². The van der Waals surface area contributed by atoms with E-state index in [1.807, 2.05) is 30.3 Å². The number of carbonyl (C=O) groups excluding carboxylic acids is 1. The molecule has 1 amide bonds. The minimum absolute atomic E-state index is 0.137. The Kier molecular flexibility index (Phi) is 3.28. The second kappa shape index (κ2) is 5.25. The number of hydrogen-bond acceptors (Lipinski definition) is 3. The number of hydrogen-bond donors (Lipinski definition) is 1. The van der Waals surface area contributed by atoms with Gasteiger partial charge >= 0.3 is 0 Å². The van der Waals surface area contributed by atoms with Gasteiger partial charge in [0.05, 0.1) is 5.39 Å². The standard InChI is InChI=1S/C17H13NO3/c1-11(19)18-13-7-8-16-14(9-13)15(20)10-17(21-16)12-5-3-2-4-6-12/h2-10H,1H3,(H,18,19). The van der Waals surface area contributed by atoms with Crippen LogP contribution in [-0.2, 0) is 4.79 Å². The van der Waals surface area contributed by atoms with Crippen LogP contribution in [0.2, 0.25) is 0 Å². The second-order valence-electron chi connectivity index (χ2n) is 4.73. The van der Waals surface area contributed by atoms with Gasteiger partial charge in [0.15, 0.2) is 5.43 Å². The van der Waals surface area contributed by atoms with Crippen LogP contribution in [0.5, 0.6) is 0 Å². The summed E-state index contributed by atoms with van der Waals surface area (Å²) in [6.45, 7) is 1.42. The van der Waals surface area contributed by atoms with Gasteiger partial charge in [-0.15, -0.1) is 0 Å². The summed E-state index contributed by atoms with van der Waals surface area (Å²) in [4.78, 5) is 23.3. The molecule has 1 heterocycles. The molecule has 0 spiro atoms. The molecular weight excluding hydrogens is 266 g/mol. The Bertz CT molecular complexity index is 866. The average molecular weight is 279 g/mol. The molecule has 0 bridgehead atoms. The highest BCUT2D eigenvalue weighted by atomic mass is 16.3. The molecule has 3 aromatic rings. The van der Waals surface area contributed by atoms with Gasteiger partial charge in [-0.05, 0) is 18.2 Å². The first-order chi connectivity index (χ1) is 10.1. The first-order valence-electron chi connectivity index (χ1n) is 6.54. The number of rotatable bonds is 2. The van der Waals surface area contributed by atoms with Crippen LogP contribution in [0.15, 0.2) is 63.8 Å². The predicted octanol–water partition coefficient (Wildman–Crippen LogP) is 3.42. The molecule has 1 aromatic heterocycles. The minimum atomic E-state index is -0.181. The van der Waals surface area contributed by atoms with Crippen molar-refractivity contribution in [3.05, 3.63) is 64.8 Å². The van der Waals surface area contributed by atoms with Gasteiger partial charge in [-0.3, -0.25) is 9.59 Å². The van der Waals surface area contributed by atoms with Crippen molar-refractivity contribution < 1.29 is 9.21 Å². The van der Waals surface area contributed by atoms with E-state index in [0.29, 0.717) is 22.4 Å². The summed E-state index contributed by atoms with van der Waals surface area (Å²) in [6, 6.07) is 15.9. The van der Waals surface area contributed by atoms with Crippen molar-refractivity contribution in [1.29, 1.82) is 0 Å². The van der Waals surface area contributed by atoms with Crippen LogP contribution in [0, 0.1) is 0 Å². The summed E-state index contributed by atoms with van der Waals surface area (Å²) < 4.78 is 5.78. The van der Waals surface area contributed by atoms with Crippen molar-refractivity contribution in [2.75, 3.05) is 5.32 Å². The van der Waals surface area contributed by atoms with Crippen molar-refractivity contribution >= 4 is 22.6 Å². The van der Waals surface area contributed by atoms with Gasteiger partial charge in [-0.2, -0.15) is 0 Å². The molecule has 0 unspecified atom stereocenters. The molecule has 104 valence electrons. The fourth-order valence-corrected chi connectivity index (χ4v) is 2.18. The maximum Gasteiger partial charge on any atom is 0.221 e. The van der Waals surface area contributed by atoms with Gasteiger partial charge in [0.2, 0.25) is 5.91 Å². The first-order valence-corrected chi connectivity index (χ1v) is 6.54. The van der Waals surface area contributed by atoms with Gasteiger partial charge in [0.1, 0.15) is 11.3 Å². The number of nitrogens with one attached hydrogen (secondary N) is 1. The Hall–Kier alpha value is -2.88. The minimum Gasteiger partial charge on any atom is -0.456 e. The zero-order chi connectivity index (χ0) is 14.8. The van der Waals surface area contributed by atoms with E-state index < -0.39 is 0 Å². The SMILES string of the molecule is CC(=O)Nc1ccc2oc(-c3ccccc3)cc(=O)c2c1. The predicted molar refractivity (Wildman–Crippen MR) is 82.2 cm³/mol. The fraction of sp³-hybridized carbons (Fsp3) is 0.0588. The molecule has 4 nitrogen and oxygen atoms in total. The maximum absolute atomic E-state index is 12.2. The van der Waals surface area contributed by atoms with Gasteiger partial charge in [0.25, 0.3) is 0 Å². The lowest BCUT2D eigenvalue weighted by Gasteiger charge is -2.05. The Morgan fingerprint density at radius 2 is 1.81 bits per heavy atom. The third kappa shape index (κ3) is 2.69. The molecular formula is C17H13NO3. The van der Waals surface area contributed by atoms with Crippen LogP contribution in [0.3, 0.4) is 0 Å². The molecule has 0 radical (unpaired) electrons. The molecule has 2 aromatic carbocycles. The lowest BCUT2D eigenvalue weighted by molar-refractivity contribution is -0.114. The lowest BCUT2D eigenvalue weighted by atomic mass is 10.1. The summed E-state index contributed by atoms with van der Waals surface area (Å²) in [7, 11) is 0. The van der Waals surface area contributed by atoms with Crippen molar-refractivity contribution in [1.82, 2.24) is 0 Å². The van der Waals surface area contributed by atoms with E-state index in [-0.39, 0.29) is 11.3 Å². The van der Waals surface area contributed by atoms with Crippen molar-refractivity contribution in [3.8, 4) is 11.3 Å². The molecule has 21 heavy (non-hydrogen) atoms. The zero-order valence-electron chi connectivity index (χ0n) is 11.4. The smallest absolute Gasteiger partial charge is 0.221 e. The highest BCUT2D eigenvalue weighted by Crippen LogP contribution is 2.23. The highest BCUT2D eigenvalue weighted by Gasteiger charge is 2.08. The summed E-state index contributed by atoms with van der Waals surface area (Å²) in [5.74, 6) is 0.347. The Morgan fingerprint density at radius 3 is 2.52 bits per heavy atom. The Labute approximate surface area is 121 Å². The van der Waals surface area contributed by atoms with Gasteiger partial charge < -0.3 is 9.73 Å². The van der Waals surface area contributed by atoms with E-state index in [4.69, 9.17) is 4.42 Å². The molecule has 0 aliphatic rings. The fourth-order valence-electron chi connectivity index (χ4n) is 2.18. The summed E-state index contributed by atoms with van der Waals surface area (Å²) in [5, 5.41) is 3.10. The maximum atomic E-state index is 12.2. The Morgan fingerprint density at radius 1 is 1.05 bits per heavy atom. The van der Waals surface area contributed by atoms with Crippen LogP contribution in [0.4, 0.5) is 5.69 Å². The molecule has 0 saturated carbocycles. The largest absolute Gasteiger partial charge is 0.456 e. The van der Waals surface area contributed by atoms with Gasteiger partial charge in [0, 0.05) is 24.2 Å². The van der Waals surface area contributed by atoms with Crippen LogP contribution < -0.4 is 10.7 Å². The quantitative estimate of drug-likeness (QED) is 0.782. The molecule has 0 saturated heterocycles. The highest BCUT2D eigenvalue weighted by molar-refractivity contribution is 5.92. The number of anilines is 1. The monoisotopic (exact) mass is 279 g/mol. The van der Waals surface area contributed by atoms with E-state index in [1.165, 1.54) is 13.0 Å². The van der Waals surface area contributed by atoms with E-state index in [2.05, 4.69) is 5.32 Å². The van der Waals surface area contributed by atoms with Crippen LogP contribution in [-0.4, -0.2) is 5.91 Å². The third-order valence-electron chi connectivity index (χ3n) is 3.11. The first kappa shape index (κ1) is 13.1. The summed E-state index contributed by atoms with van der Waals surface area (Å²) in [6.07, 6.45) is 0. The van der Waals surface area contributed by atoms with Crippen LogP contribution in [0.1, 0.15) is 6.92 Å². The van der Waals surface area contributed by atoms with Crippen LogP contribution >= 0.6 is 0 Å². The Balaban J connectivity index is 2.14. The average Bonchev–Trinajstić information content (AvgIpc) is 2.48. The van der Waals surface area contributed by atoms with Crippen molar-refractivity contribution in [3.63, 3.8) is 0 Å². The number of amides is 1. The third-order valence-corrected chi connectivity index (χ3v) is 3.11. The van der Waals surface area contributed by atoms with Gasteiger partial charge in [-0.1, -0.05) is 30.3 Å². The number of benzene rings is 2. The van der Waals surface area contributed by atoms with E-state index in [0.717, 1.165) is 5.56 Å². The number of carbonyl (C=O) groups is 1. The van der Waals surface area contributed by atoms with E-state index >= 15 is 0 Å². The molecule has 0 fully saturated rings. The molecule has 3 rings (SSSR count). The molecule has 0 aliphatic heterocycles.